The Morgan fingerprint density at radius 2 is 2.12 bits per heavy atom. The van der Waals surface area contributed by atoms with Gasteiger partial charge in [-0.2, -0.15) is 0 Å². The van der Waals surface area contributed by atoms with Crippen molar-refractivity contribution in [3.05, 3.63) is 64.7 Å². The molecule has 0 saturated heterocycles. The Labute approximate surface area is 149 Å². The van der Waals surface area contributed by atoms with Crippen LogP contribution in [0.15, 0.2) is 46.9 Å². The van der Waals surface area contributed by atoms with Gasteiger partial charge >= 0.3 is 5.97 Å². The third-order valence-electron chi connectivity index (χ3n) is 3.57. The Hall–Kier alpha value is -2.79. The number of hydrogen-bond acceptors (Lipinski definition) is 5. The summed E-state index contributed by atoms with van der Waals surface area (Å²) >= 11 is 6.18. The molecule has 0 unspecified atom stereocenters. The topological polar surface area (TPSA) is 61.6 Å². The van der Waals surface area contributed by atoms with E-state index in [1.807, 2.05) is 31.2 Å². The predicted molar refractivity (Wildman–Crippen MR) is 95.6 cm³/mol. The highest BCUT2D eigenvalue weighted by Crippen LogP contribution is 2.24. The summed E-state index contributed by atoms with van der Waals surface area (Å²) < 4.78 is 15.7. The molecule has 0 fully saturated rings. The number of carbonyl (C=O) groups excluding carboxylic acids is 1. The van der Waals surface area contributed by atoms with Crippen molar-refractivity contribution in [3.63, 3.8) is 0 Å². The average molecular weight is 358 g/mol. The van der Waals surface area contributed by atoms with E-state index in [9.17, 15) is 4.79 Å². The number of hydrogen-bond donors (Lipinski definition) is 0. The normalized spacial score (nSPS) is 11.2. The zero-order valence-electron chi connectivity index (χ0n) is 13.8. The molecule has 0 saturated carbocycles. The van der Waals surface area contributed by atoms with Gasteiger partial charge in [-0.1, -0.05) is 11.6 Å². The number of methoxy groups -OCH3 is 1. The maximum absolute atomic E-state index is 11.8. The summed E-state index contributed by atoms with van der Waals surface area (Å²) in [5.74, 6) is 1.58. The van der Waals surface area contributed by atoms with Gasteiger partial charge in [0.15, 0.2) is 0 Å². The van der Waals surface area contributed by atoms with Crippen LogP contribution in [0, 0.1) is 6.92 Å². The second kappa shape index (κ2) is 7.40. The van der Waals surface area contributed by atoms with E-state index in [2.05, 4.69) is 4.98 Å². The minimum atomic E-state index is -0.486. The van der Waals surface area contributed by atoms with Gasteiger partial charge in [-0.05, 0) is 43.3 Å². The van der Waals surface area contributed by atoms with Crippen molar-refractivity contribution >= 4 is 34.5 Å². The van der Waals surface area contributed by atoms with E-state index < -0.39 is 5.97 Å². The molecule has 0 bridgehead atoms. The van der Waals surface area contributed by atoms with E-state index in [1.54, 1.807) is 25.3 Å². The first kappa shape index (κ1) is 17.0. The minimum Gasteiger partial charge on any atom is -0.497 e. The number of carbonyl (C=O) groups is 1. The van der Waals surface area contributed by atoms with Gasteiger partial charge in [0.2, 0.25) is 0 Å². The molecule has 0 N–H and O–H groups in total. The van der Waals surface area contributed by atoms with Gasteiger partial charge in [0, 0.05) is 23.1 Å². The Morgan fingerprint density at radius 3 is 2.84 bits per heavy atom. The van der Waals surface area contributed by atoms with Crippen molar-refractivity contribution in [2.45, 2.75) is 13.5 Å². The minimum absolute atomic E-state index is 0.0359. The Kier molecular flexibility index (Phi) is 5.05. The van der Waals surface area contributed by atoms with Crippen LogP contribution in [-0.2, 0) is 16.1 Å². The first-order valence-electron chi connectivity index (χ1n) is 7.59. The first-order valence-corrected chi connectivity index (χ1v) is 7.97. The smallest absolute Gasteiger partial charge is 0.331 e. The van der Waals surface area contributed by atoms with Crippen LogP contribution in [-0.4, -0.2) is 18.1 Å². The molecule has 0 aliphatic carbocycles. The van der Waals surface area contributed by atoms with Crippen LogP contribution in [0.25, 0.3) is 17.0 Å². The summed E-state index contributed by atoms with van der Waals surface area (Å²) in [4.78, 5) is 16.1. The number of pyridine rings is 1. The second-order valence-electron chi connectivity index (χ2n) is 5.39. The van der Waals surface area contributed by atoms with E-state index >= 15 is 0 Å². The van der Waals surface area contributed by atoms with E-state index in [-0.39, 0.29) is 6.61 Å². The van der Waals surface area contributed by atoms with Gasteiger partial charge in [0.1, 0.15) is 29.0 Å². The van der Waals surface area contributed by atoms with Crippen molar-refractivity contribution in [2.75, 3.05) is 7.11 Å². The quantitative estimate of drug-likeness (QED) is 0.380. The van der Waals surface area contributed by atoms with Crippen molar-refractivity contribution in [1.29, 1.82) is 0 Å². The van der Waals surface area contributed by atoms with Gasteiger partial charge in [0.25, 0.3) is 0 Å². The number of aryl methyl sites for hydroxylation is 1. The molecular formula is C19H16ClNO4. The number of aromatic nitrogens is 1. The molecule has 1 aromatic carbocycles. The number of nitrogens with zero attached hydrogens (tertiary/aromatic N) is 1. The lowest BCUT2D eigenvalue weighted by atomic mass is 10.1. The Bertz CT molecular complexity index is 946. The molecule has 0 radical (unpaired) electrons. The molecule has 3 rings (SSSR count). The van der Waals surface area contributed by atoms with Crippen LogP contribution < -0.4 is 4.74 Å². The summed E-state index contributed by atoms with van der Waals surface area (Å²) in [6.45, 7) is 1.87. The van der Waals surface area contributed by atoms with E-state index in [0.717, 1.165) is 11.1 Å². The van der Waals surface area contributed by atoms with E-state index in [0.29, 0.717) is 27.7 Å². The summed E-state index contributed by atoms with van der Waals surface area (Å²) in [5.41, 5.74) is 1.35. The van der Waals surface area contributed by atoms with Gasteiger partial charge < -0.3 is 13.9 Å². The fourth-order valence-electron chi connectivity index (χ4n) is 2.29. The molecule has 128 valence electrons. The number of halogens is 1. The van der Waals surface area contributed by atoms with Crippen molar-refractivity contribution < 1.29 is 18.7 Å². The molecule has 0 aliphatic rings. The van der Waals surface area contributed by atoms with Crippen LogP contribution in [0.3, 0.4) is 0 Å². The highest BCUT2D eigenvalue weighted by Gasteiger charge is 2.08. The van der Waals surface area contributed by atoms with Crippen LogP contribution >= 0.6 is 11.6 Å². The van der Waals surface area contributed by atoms with Gasteiger partial charge in [-0.3, -0.25) is 0 Å². The number of benzene rings is 1. The average Bonchev–Trinajstić information content (AvgIpc) is 3.03. The molecule has 3 aromatic rings. The lowest BCUT2D eigenvalue weighted by Gasteiger charge is -2.07. The maximum atomic E-state index is 11.8. The zero-order chi connectivity index (χ0) is 17.8. The van der Waals surface area contributed by atoms with Gasteiger partial charge in [-0.25, -0.2) is 9.78 Å². The number of furan rings is 1. The second-order valence-corrected chi connectivity index (χ2v) is 5.74. The largest absolute Gasteiger partial charge is 0.497 e. The number of rotatable bonds is 5. The summed E-state index contributed by atoms with van der Waals surface area (Å²) in [7, 11) is 1.59. The van der Waals surface area contributed by atoms with E-state index in [4.69, 9.17) is 25.5 Å². The van der Waals surface area contributed by atoms with Gasteiger partial charge in [0.05, 0.1) is 12.6 Å². The molecular weight excluding hydrogens is 342 g/mol. The monoisotopic (exact) mass is 357 g/mol. The zero-order valence-corrected chi connectivity index (χ0v) is 14.5. The first-order chi connectivity index (χ1) is 12.0. The molecule has 0 spiro atoms. The molecule has 6 heteroatoms. The van der Waals surface area contributed by atoms with Crippen molar-refractivity contribution in [2.24, 2.45) is 0 Å². The molecule has 0 amide bonds. The lowest BCUT2D eigenvalue weighted by Crippen LogP contribution is -2.02. The third kappa shape index (κ3) is 4.19. The van der Waals surface area contributed by atoms with Gasteiger partial charge in [-0.15, -0.1) is 0 Å². The molecule has 25 heavy (non-hydrogen) atoms. The highest BCUT2D eigenvalue weighted by molar-refractivity contribution is 6.30. The number of ether oxygens (including phenoxy) is 2. The van der Waals surface area contributed by atoms with Crippen LogP contribution in [0.5, 0.6) is 5.75 Å². The number of fused-ring (bicyclic) bond motifs is 1. The molecule has 2 aromatic heterocycles. The lowest BCUT2D eigenvalue weighted by molar-refractivity contribution is -0.138. The highest BCUT2D eigenvalue weighted by atomic mass is 35.5. The third-order valence-corrected chi connectivity index (χ3v) is 3.89. The Morgan fingerprint density at radius 1 is 1.28 bits per heavy atom. The van der Waals surface area contributed by atoms with Crippen molar-refractivity contribution in [3.8, 4) is 5.75 Å². The summed E-state index contributed by atoms with van der Waals surface area (Å²) in [5, 5.41) is 1.18. The maximum Gasteiger partial charge on any atom is 0.331 e. The Balaban J connectivity index is 1.69. The van der Waals surface area contributed by atoms with Crippen molar-refractivity contribution in [1.82, 2.24) is 4.98 Å². The molecule has 0 atom stereocenters. The molecule has 5 nitrogen and oxygen atoms in total. The van der Waals surface area contributed by atoms with Crippen LogP contribution in [0.1, 0.15) is 17.1 Å². The molecule has 2 heterocycles. The SMILES string of the molecule is COc1ccc2cc(COC(=O)/C=C/c3ccc(C)o3)c(Cl)nc2c1. The predicted octanol–water partition coefficient (Wildman–Crippen LogP) is 4.55. The fraction of sp³-hybridized carbons (Fsp3) is 0.158. The standard InChI is InChI=1S/C19H16ClNO4/c1-12-3-5-15(25-12)7-8-18(22)24-11-14-9-13-4-6-16(23-2)10-17(13)21-19(14)20/h3-10H,11H2,1-2H3/b8-7+. The van der Waals surface area contributed by atoms with E-state index in [1.165, 1.54) is 6.08 Å². The van der Waals surface area contributed by atoms with Crippen LogP contribution in [0.4, 0.5) is 0 Å². The number of esters is 1. The fourth-order valence-corrected chi connectivity index (χ4v) is 2.49. The molecule has 0 aliphatic heterocycles. The summed E-state index contributed by atoms with van der Waals surface area (Å²) in [6.07, 6.45) is 2.87. The van der Waals surface area contributed by atoms with Crippen LogP contribution in [0.2, 0.25) is 5.15 Å². The summed E-state index contributed by atoms with van der Waals surface area (Å²) in [6, 6.07) is 10.9.